The molecule has 0 bridgehead atoms. The maximum absolute atomic E-state index is 5.09. The van der Waals surface area contributed by atoms with Crippen molar-refractivity contribution < 1.29 is 9.47 Å². The summed E-state index contributed by atoms with van der Waals surface area (Å²) >= 11 is 0. The first-order valence-electron chi connectivity index (χ1n) is 2.94. The zero-order valence-electron chi connectivity index (χ0n) is 4.64. The van der Waals surface area contributed by atoms with Gasteiger partial charge in [-0.25, -0.2) is 0 Å². The molecule has 0 N–H and O–H groups in total. The molecule has 0 aromatic heterocycles. The average molecular weight is 112 g/mol. The van der Waals surface area contributed by atoms with Gasteiger partial charge < -0.3 is 9.47 Å². The van der Waals surface area contributed by atoms with Crippen LogP contribution in [0.4, 0.5) is 0 Å². The third-order valence-corrected chi connectivity index (χ3v) is 1.52. The second-order valence-corrected chi connectivity index (χ2v) is 2.04. The van der Waals surface area contributed by atoms with Crippen molar-refractivity contribution in [3.8, 4) is 0 Å². The van der Waals surface area contributed by atoms with Crippen LogP contribution >= 0.6 is 0 Å². The summed E-state index contributed by atoms with van der Waals surface area (Å²) in [5.41, 5.74) is 0. The van der Waals surface area contributed by atoms with Gasteiger partial charge in [0.25, 0.3) is 0 Å². The SMILES string of the molecule is C1C/C(=C2\CCO2)O1. The molecule has 0 atom stereocenters. The topological polar surface area (TPSA) is 18.5 Å². The summed E-state index contributed by atoms with van der Waals surface area (Å²) in [4.78, 5) is 0. The maximum atomic E-state index is 5.09. The highest BCUT2D eigenvalue weighted by atomic mass is 16.5. The van der Waals surface area contributed by atoms with Crippen LogP contribution in [0.2, 0.25) is 0 Å². The lowest BCUT2D eigenvalue weighted by Crippen LogP contribution is -2.19. The smallest absolute Gasteiger partial charge is 0.137 e. The predicted molar refractivity (Wildman–Crippen MR) is 28.2 cm³/mol. The van der Waals surface area contributed by atoms with Crippen LogP contribution in [0.25, 0.3) is 0 Å². The fourth-order valence-electron chi connectivity index (χ4n) is 0.848. The Morgan fingerprint density at radius 2 is 1.25 bits per heavy atom. The molecule has 0 aromatic rings. The first kappa shape index (κ1) is 4.24. The van der Waals surface area contributed by atoms with Gasteiger partial charge in [0.05, 0.1) is 13.2 Å². The summed E-state index contributed by atoms with van der Waals surface area (Å²) in [5, 5.41) is 0. The van der Waals surface area contributed by atoms with Gasteiger partial charge >= 0.3 is 0 Å². The molecule has 8 heavy (non-hydrogen) atoms. The fraction of sp³-hybridized carbons (Fsp3) is 0.667. The average Bonchev–Trinajstić information content (AvgIpc) is 1.47. The predicted octanol–water partition coefficient (Wildman–Crippen LogP) is 1.04. The molecule has 44 valence electrons. The summed E-state index contributed by atoms with van der Waals surface area (Å²) in [5.74, 6) is 2.19. The van der Waals surface area contributed by atoms with Crippen LogP contribution in [0.15, 0.2) is 11.5 Å². The third-order valence-electron chi connectivity index (χ3n) is 1.52. The fourth-order valence-corrected chi connectivity index (χ4v) is 0.848. The Labute approximate surface area is 48.1 Å². The maximum Gasteiger partial charge on any atom is 0.137 e. The molecule has 2 aliphatic rings. The van der Waals surface area contributed by atoms with E-state index in [-0.39, 0.29) is 0 Å². The quantitative estimate of drug-likeness (QED) is 0.466. The van der Waals surface area contributed by atoms with E-state index in [9.17, 15) is 0 Å². The molecule has 0 aromatic carbocycles. The van der Waals surface area contributed by atoms with Crippen LogP contribution in [0.1, 0.15) is 12.8 Å². The van der Waals surface area contributed by atoms with Crippen molar-refractivity contribution in [2.75, 3.05) is 13.2 Å². The van der Waals surface area contributed by atoms with E-state index >= 15 is 0 Å². The summed E-state index contributed by atoms with van der Waals surface area (Å²) < 4.78 is 10.2. The van der Waals surface area contributed by atoms with Crippen molar-refractivity contribution in [3.05, 3.63) is 11.5 Å². The number of ether oxygens (including phenoxy) is 2. The molecular weight excluding hydrogens is 104 g/mol. The monoisotopic (exact) mass is 112 g/mol. The minimum Gasteiger partial charge on any atom is -0.494 e. The molecule has 2 fully saturated rings. The van der Waals surface area contributed by atoms with Gasteiger partial charge in [-0.05, 0) is 0 Å². The van der Waals surface area contributed by atoms with Crippen LogP contribution in [0.3, 0.4) is 0 Å². The van der Waals surface area contributed by atoms with Crippen molar-refractivity contribution in [2.45, 2.75) is 12.8 Å². The Balaban J connectivity index is 2.07. The van der Waals surface area contributed by atoms with Crippen LogP contribution in [-0.2, 0) is 9.47 Å². The van der Waals surface area contributed by atoms with Crippen molar-refractivity contribution in [1.29, 1.82) is 0 Å². The molecule has 2 heteroatoms. The normalized spacial score (nSPS) is 34.0. The van der Waals surface area contributed by atoms with E-state index < -0.39 is 0 Å². The number of rotatable bonds is 0. The van der Waals surface area contributed by atoms with Gasteiger partial charge in [0.2, 0.25) is 0 Å². The highest BCUT2D eigenvalue weighted by Crippen LogP contribution is 2.28. The zero-order chi connectivity index (χ0) is 5.40. The summed E-state index contributed by atoms with van der Waals surface area (Å²) in [6, 6.07) is 0. The lowest BCUT2D eigenvalue weighted by atomic mass is 10.2. The molecule has 2 nitrogen and oxygen atoms in total. The molecule has 0 spiro atoms. The van der Waals surface area contributed by atoms with E-state index in [2.05, 4.69) is 0 Å². The molecule has 0 aliphatic carbocycles. The van der Waals surface area contributed by atoms with Crippen molar-refractivity contribution in [2.24, 2.45) is 0 Å². The van der Waals surface area contributed by atoms with Crippen LogP contribution in [-0.4, -0.2) is 13.2 Å². The molecule has 0 unspecified atom stereocenters. The first-order valence-corrected chi connectivity index (χ1v) is 2.94. The summed E-state index contributed by atoms with van der Waals surface area (Å²) in [6.07, 6.45) is 2.19. The van der Waals surface area contributed by atoms with Gasteiger partial charge in [-0.15, -0.1) is 0 Å². The molecule has 2 rings (SSSR count). The molecule has 0 saturated carbocycles. The van der Waals surface area contributed by atoms with Gasteiger partial charge in [-0.1, -0.05) is 0 Å². The summed E-state index contributed by atoms with van der Waals surface area (Å²) in [6.45, 7) is 1.78. The van der Waals surface area contributed by atoms with E-state index in [1.165, 1.54) is 0 Å². The van der Waals surface area contributed by atoms with Gasteiger partial charge in [0.1, 0.15) is 11.5 Å². The second-order valence-electron chi connectivity index (χ2n) is 2.04. The van der Waals surface area contributed by atoms with E-state index in [0.717, 1.165) is 37.6 Å². The van der Waals surface area contributed by atoms with Gasteiger partial charge in [0, 0.05) is 12.8 Å². The van der Waals surface area contributed by atoms with Crippen LogP contribution < -0.4 is 0 Å². The largest absolute Gasteiger partial charge is 0.494 e. The molecule has 2 aliphatic heterocycles. The minimum absolute atomic E-state index is 0.891. The molecule has 0 radical (unpaired) electrons. The Morgan fingerprint density at radius 3 is 1.38 bits per heavy atom. The van der Waals surface area contributed by atoms with Gasteiger partial charge in [-0.2, -0.15) is 0 Å². The minimum atomic E-state index is 0.891. The van der Waals surface area contributed by atoms with Crippen LogP contribution in [0, 0.1) is 0 Å². The molecule has 2 heterocycles. The Hall–Kier alpha value is -0.660. The van der Waals surface area contributed by atoms with Crippen LogP contribution in [0.5, 0.6) is 0 Å². The van der Waals surface area contributed by atoms with E-state index in [0.29, 0.717) is 0 Å². The van der Waals surface area contributed by atoms with Crippen molar-refractivity contribution in [1.82, 2.24) is 0 Å². The highest BCUT2D eigenvalue weighted by molar-refractivity contribution is 5.10. The van der Waals surface area contributed by atoms with Gasteiger partial charge in [0.15, 0.2) is 0 Å². The van der Waals surface area contributed by atoms with E-state index in [1.54, 1.807) is 0 Å². The summed E-state index contributed by atoms with van der Waals surface area (Å²) in [7, 11) is 0. The lowest BCUT2D eigenvalue weighted by Gasteiger charge is -2.27. The van der Waals surface area contributed by atoms with E-state index in [4.69, 9.17) is 9.47 Å². The van der Waals surface area contributed by atoms with E-state index in [1.807, 2.05) is 0 Å². The Kier molecular flexibility index (Phi) is 0.745. The Bertz CT molecular complexity index is 109. The number of hydrogen-bond acceptors (Lipinski definition) is 2. The lowest BCUT2D eigenvalue weighted by molar-refractivity contribution is 0.0451. The molecular formula is C6H8O2. The van der Waals surface area contributed by atoms with Gasteiger partial charge in [-0.3, -0.25) is 0 Å². The highest BCUT2D eigenvalue weighted by Gasteiger charge is 2.22. The van der Waals surface area contributed by atoms with Crippen molar-refractivity contribution in [3.63, 3.8) is 0 Å². The molecule has 0 amide bonds. The van der Waals surface area contributed by atoms with Crippen molar-refractivity contribution >= 4 is 0 Å². The standard InChI is InChI=1S/C6H8O2/c1-3-7-5(1)6-2-4-8-6/h1-4H2/b6-5-. The Morgan fingerprint density at radius 1 is 0.875 bits per heavy atom. The second kappa shape index (κ2) is 1.41. The zero-order valence-corrected chi connectivity index (χ0v) is 4.64. The molecule has 2 saturated heterocycles. The first-order chi connectivity index (χ1) is 3.97. The number of hydrogen-bond donors (Lipinski definition) is 0. The third kappa shape index (κ3) is 0.427.